The molecular formula is C48H77NO5. The maximum Gasteiger partial charge on any atom is 0.261 e. The molecule has 1 aliphatic heterocycles. The maximum absolute atomic E-state index is 13.3. The van der Waals surface area contributed by atoms with Gasteiger partial charge in [0.15, 0.2) is 11.5 Å². The van der Waals surface area contributed by atoms with Crippen LogP contribution in [0.2, 0.25) is 0 Å². The SMILES string of the molecule is CCCCCCCCCCCOc1cc(CN2C(=O)c3ccccc3C2=O)cc(OCCCCCCCCCCC)c1OCCCCCCCCCCC. The standard InChI is InChI=1S/C48H77NO5/c1-4-7-10-13-16-19-22-25-30-35-52-44-38-41(40-49-47(50)42-33-28-29-34-43(42)48(49)51)39-45(53-36-31-26-23-20-17-14-11-8-5-2)46(44)54-37-32-27-24-21-18-15-12-9-6-3/h28-29,33-34,38-39H,4-27,30-32,35-37,40H2,1-3H3. The summed E-state index contributed by atoms with van der Waals surface area (Å²) in [7, 11) is 0. The van der Waals surface area contributed by atoms with E-state index in [1.165, 1.54) is 140 Å². The molecule has 0 aliphatic carbocycles. The average Bonchev–Trinajstić information content (AvgIpc) is 3.42. The van der Waals surface area contributed by atoms with Crippen LogP contribution in [0, 0.1) is 0 Å². The molecule has 6 nitrogen and oxygen atoms in total. The van der Waals surface area contributed by atoms with Crippen LogP contribution >= 0.6 is 0 Å². The van der Waals surface area contributed by atoms with Crippen LogP contribution in [-0.2, 0) is 6.54 Å². The molecule has 0 bridgehead atoms. The van der Waals surface area contributed by atoms with Crippen molar-refractivity contribution in [3.63, 3.8) is 0 Å². The van der Waals surface area contributed by atoms with Crippen LogP contribution in [0.15, 0.2) is 36.4 Å². The van der Waals surface area contributed by atoms with E-state index in [-0.39, 0.29) is 18.4 Å². The fourth-order valence-electron chi connectivity index (χ4n) is 7.42. The molecule has 0 spiro atoms. The van der Waals surface area contributed by atoms with E-state index in [1.54, 1.807) is 12.1 Å². The van der Waals surface area contributed by atoms with Gasteiger partial charge < -0.3 is 14.2 Å². The predicted octanol–water partition coefficient (Wildman–Crippen LogP) is 14.2. The molecule has 6 heteroatoms. The molecule has 0 saturated heterocycles. The molecule has 3 rings (SSSR count). The monoisotopic (exact) mass is 748 g/mol. The van der Waals surface area contributed by atoms with Gasteiger partial charge in [-0.3, -0.25) is 14.5 Å². The molecule has 0 aromatic heterocycles. The fraction of sp³-hybridized carbons (Fsp3) is 0.708. The Kier molecular flexibility index (Phi) is 24.6. The van der Waals surface area contributed by atoms with Gasteiger partial charge in [0.2, 0.25) is 5.75 Å². The Bertz CT molecular complexity index is 1210. The van der Waals surface area contributed by atoms with E-state index >= 15 is 0 Å². The topological polar surface area (TPSA) is 65.1 Å². The molecule has 0 atom stereocenters. The Hall–Kier alpha value is -3.02. The lowest BCUT2D eigenvalue weighted by Crippen LogP contribution is -2.29. The average molecular weight is 748 g/mol. The van der Waals surface area contributed by atoms with E-state index in [0.717, 1.165) is 44.1 Å². The van der Waals surface area contributed by atoms with Gasteiger partial charge in [0.25, 0.3) is 11.8 Å². The van der Waals surface area contributed by atoms with Gasteiger partial charge in [-0.2, -0.15) is 0 Å². The Morgan fingerprint density at radius 1 is 0.426 bits per heavy atom. The number of benzene rings is 2. The van der Waals surface area contributed by atoms with Crippen LogP contribution in [0.5, 0.6) is 17.2 Å². The van der Waals surface area contributed by atoms with Gasteiger partial charge in [0.1, 0.15) is 0 Å². The second kappa shape index (κ2) is 29.3. The summed E-state index contributed by atoms with van der Waals surface area (Å²) in [6.45, 7) is 8.76. The van der Waals surface area contributed by atoms with Crippen LogP contribution in [-0.4, -0.2) is 36.5 Å². The first-order valence-corrected chi connectivity index (χ1v) is 22.6. The van der Waals surface area contributed by atoms with Crippen molar-refractivity contribution in [2.75, 3.05) is 19.8 Å². The number of hydrogen-bond acceptors (Lipinski definition) is 5. The lowest BCUT2D eigenvalue weighted by atomic mass is 10.1. The first kappa shape index (κ1) is 45.4. The van der Waals surface area contributed by atoms with E-state index < -0.39 is 0 Å². The van der Waals surface area contributed by atoms with E-state index in [1.807, 2.05) is 24.3 Å². The number of imide groups is 1. The molecule has 2 aromatic rings. The summed E-state index contributed by atoms with van der Waals surface area (Å²) in [5.74, 6) is 1.46. The molecule has 0 unspecified atom stereocenters. The number of unbranched alkanes of at least 4 members (excludes halogenated alkanes) is 24. The molecule has 2 aromatic carbocycles. The molecule has 0 fully saturated rings. The van der Waals surface area contributed by atoms with Gasteiger partial charge in [-0.25, -0.2) is 0 Å². The van der Waals surface area contributed by atoms with Crippen LogP contribution in [0.25, 0.3) is 0 Å². The molecule has 1 heterocycles. The van der Waals surface area contributed by atoms with Gasteiger partial charge in [0.05, 0.1) is 37.5 Å². The number of nitrogens with zero attached hydrogens (tertiary/aromatic N) is 1. The van der Waals surface area contributed by atoms with Gasteiger partial charge >= 0.3 is 0 Å². The minimum atomic E-state index is -0.254. The second-order valence-corrected chi connectivity index (χ2v) is 15.7. The normalized spacial score (nSPS) is 12.5. The number of carbonyl (C=O) groups excluding carboxylic acids is 2. The van der Waals surface area contributed by atoms with Crippen LogP contribution < -0.4 is 14.2 Å². The highest BCUT2D eigenvalue weighted by Gasteiger charge is 2.35. The highest BCUT2D eigenvalue weighted by molar-refractivity contribution is 6.21. The third-order valence-corrected chi connectivity index (χ3v) is 10.8. The number of ether oxygens (including phenoxy) is 3. The third-order valence-electron chi connectivity index (χ3n) is 10.8. The van der Waals surface area contributed by atoms with Gasteiger partial charge in [-0.05, 0) is 49.1 Å². The van der Waals surface area contributed by atoms with Gasteiger partial charge in [-0.1, -0.05) is 187 Å². The first-order valence-electron chi connectivity index (χ1n) is 22.6. The summed E-state index contributed by atoms with van der Waals surface area (Å²) in [6.07, 6.45) is 33.8. The molecule has 0 radical (unpaired) electrons. The van der Waals surface area contributed by atoms with Gasteiger partial charge in [-0.15, -0.1) is 0 Å². The Morgan fingerprint density at radius 2 is 0.741 bits per heavy atom. The highest BCUT2D eigenvalue weighted by Crippen LogP contribution is 2.40. The van der Waals surface area contributed by atoms with Crippen LogP contribution in [0.1, 0.15) is 220 Å². The Labute approximate surface area is 330 Å². The van der Waals surface area contributed by atoms with Crippen molar-refractivity contribution >= 4 is 11.8 Å². The highest BCUT2D eigenvalue weighted by atomic mass is 16.5. The van der Waals surface area contributed by atoms with Crippen molar-refractivity contribution in [3.8, 4) is 17.2 Å². The van der Waals surface area contributed by atoms with Crippen LogP contribution in [0.3, 0.4) is 0 Å². The smallest absolute Gasteiger partial charge is 0.261 e. The summed E-state index contributed by atoms with van der Waals surface area (Å²) in [5, 5.41) is 0. The lowest BCUT2D eigenvalue weighted by Gasteiger charge is -2.21. The largest absolute Gasteiger partial charge is 0.490 e. The first-order chi connectivity index (χ1) is 26.6. The summed E-state index contributed by atoms with van der Waals surface area (Å²) in [6, 6.07) is 11.0. The Morgan fingerprint density at radius 3 is 1.09 bits per heavy atom. The summed E-state index contributed by atoms with van der Waals surface area (Å²) in [5.41, 5.74) is 1.74. The van der Waals surface area contributed by atoms with Crippen molar-refractivity contribution in [2.45, 2.75) is 201 Å². The minimum Gasteiger partial charge on any atom is -0.490 e. The molecule has 304 valence electrons. The van der Waals surface area contributed by atoms with Crippen molar-refractivity contribution in [2.24, 2.45) is 0 Å². The van der Waals surface area contributed by atoms with Crippen LogP contribution in [0.4, 0.5) is 0 Å². The van der Waals surface area contributed by atoms with Crippen molar-refractivity contribution < 1.29 is 23.8 Å². The number of fused-ring (bicyclic) bond motifs is 1. The number of rotatable bonds is 35. The van der Waals surface area contributed by atoms with Crippen molar-refractivity contribution in [3.05, 3.63) is 53.1 Å². The van der Waals surface area contributed by atoms with E-state index in [4.69, 9.17) is 14.2 Å². The molecule has 0 saturated carbocycles. The molecule has 0 N–H and O–H groups in total. The summed E-state index contributed by atoms with van der Waals surface area (Å²) >= 11 is 0. The molecule has 2 amide bonds. The molecule has 1 aliphatic rings. The summed E-state index contributed by atoms with van der Waals surface area (Å²) < 4.78 is 19.5. The minimum absolute atomic E-state index is 0.160. The lowest BCUT2D eigenvalue weighted by molar-refractivity contribution is 0.0641. The molecular weight excluding hydrogens is 671 g/mol. The van der Waals surface area contributed by atoms with Gasteiger partial charge in [0, 0.05) is 0 Å². The predicted molar refractivity (Wildman–Crippen MR) is 225 cm³/mol. The number of carbonyl (C=O) groups is 2. The van der Waals surface area contributed by atoms with Crippen molar-refractivity contribution in [1.82, 2.24) is 4.90 Å². The van der Waals surface area contributed by atoms with Crippen molar-refractivity contribution in [1.29, 1.82) is 0 Å². The summed E-state index contributed by atoms with van der Waals surface area (Å²) in [4.78, 5) is 28.0. The number of amides is 2. The second-order valence-electron chi connectivity index (χ2n) is 15.7. The third kappa shape index (κ3) is 17.6. The zero-order valence-corrected chi connectivity index (χ0v) is 34.9. The zero-order valence-electron chi connectivity index (χ0n) is 34.9. The number of hydrogen-bond donors (Lipinski definition) is 0. The quantitative estimate of drug-likeness (QED) is 0.0519. The van der Waals surface area contributed by atoms with E-state index in [2.05, 4.69) is 20.8 Å². The van der Waals surface area contributed by atoms with E-state index in [0.29, 0.717) is 48.2 Å². The fourth-order valence-corrected chi connectivity index (χ4v) is 7.42. The molecule has 54 heavy (non-hydrogen) atoms. The Balaban J connectivity index is 1.67. The zero-order chi connectivity index (χ0) is 38.5. The maximum atomic E-state index is 13.3. The van der Waals surface area contributed by atoms with E-state index in [9.17, 15) is 9.59 Å².